The minimum Gasteiger partial charge on any atom is -0.488 e. The summed E-state index contributed by atoms with van der Waals surface area (Å²) in [6.07, 6.45) is 11.5. The van der Waals surface area contributed by atoms with E-state index in [1.54, 1.807) is 12.4 Å². The maximum atomic E-state index is 6.37. The Morgan fingerprint density at radius 3 is 2.66 bits per heavy atom. The molecule has 3 heterocycles. The summed E-state index contributed by atoms with van der Waals surface area (Å²) in [6.45, 7) is 5.03. The molecule has 0 bridgehead atoms. The van der Waals surface area contributed by atoms with Crippen molar-refractivity contribution in [1.29, 1.82) is 0 Å². The van der Waals surface area contributed by atoms with Crippen molar-refractivity contribution in [3.63, 3.8) is 0 Å². The van der Waals surface area contributed by atoms with Gasteiger partial charge in [-0.05, 0) is 37.5 Å². The maximum Gasteiger partial charge on any atom is 0.256 e. The molecule has 3 aromatic rings. The van der Waals surface area contributed by atoms with Gasteiger partial charge in [-0.2, -0.15) is 0 Å². The Bertz CT molecular complexity index is 1180. The van der Waals surface area contributed by atoms with Gasteiger partial charge < -0.3 is 30.6 Å². The second kappa shape index (κ2) is 12.8. The van der Waals surface area contributed by atoms with Crippen molar-refractivity contribution >= 4 is 23.2 Å². The van der Waals surface area contributed by atoms with Gasteiger partial charge in [-0.15, -0.1) is 5.10 Å². The fourth-order valence-electron chi connectivity index (χ4n) is 4.66. The lowest BCUT2D eigenvalue weighted by Crippen LogP contribution is -2.32. The molecule has 1 aliphatic heterocycles. The van der Waals surface area contributed by atoms with Crippen molar-refractivity contribution in [2.45, 2.75) is 51.2 Å². The van der Waals surface area contributed by atoms with E-state index in [1.165, 1.54) is 19.3 Å². The first-order valence-corrected chi connectivity index (χ1v) is 13.7. The van der Waals surface area contributed by atoms with Crippen LogP contribution in [0.5, 0.6) is 11.6 Å². The highest BCUT2D eigenvalue weighted by Crippen LogP contribution is 2.34. The molecule has 38 heavy (non-hydrogen) atoms. The SMILES string of the molecule is C[C@@H](CNCN)Oc1cc(-c2cnc(Nc3cn(C4CCCCC4)nc3OCC3COC3)nc2)ccc1Cl. The Kier molecular flexibility index (Phi) is 8.95. The molecule has 1 saturated heterocycles. The number of benzene rings is 1. The van der Waals surface area contributed by atoms with Crippen LogP contribution in [0, 0.1) is 5.92 Å². The molecule has 0 spiro atoms. The highest BCUT2D eigenvalue weighted by Gasteiger charge is 2.23. The Balaban J connectivity index is 1.29. The lowest BCUT2D eigenvalue weighted by Gasteiger charge is -2.25. The number of hydrogen-bond acceptors (Lipinski definition) is 9. The summed E-state index contributed by atoms with van der Waals surface area (Å²) in [5.41, 5.74) is 8.04. The summed E-state index contributed by atoms with van der Waals surface area (Å²) >= 11 is 6.37. The number of hydrogen-bond donors (Lipinski definition) is 3. The van der Waals surface area contributed by atoms with E-state index in [4.69, 9.17) is 36.6 Å². The second-order valence-electron chi connectivity index (χ2n) is 9.99. The van der Waals surface area contributed by atoms with E-state index >= 15 is 0 Å². The van der Waals surface area contributed by atoms with Gasteiger partial charge in [0.15, 0.2) is 0 Å². The first kappa shape index (κ1) is 26.7. The van der Waals surface area contributed by atoms with Crippen molar-refractivity contribution in [2.24, 2.45) is 11.7 Å². The number of nitrogens with zero attached hydrogens (tertiary/aromatic N) is 4. The van der Waals surface area contributed by atoms with Gasteiger partial charge in [0.25, 0.3) is 5.88 Å². The van der Waals surface area contributed by atoms with Crippen molar-refractivity contribution in [3.8, 4) is 22.8 Å². The number of aromatic nitrogens is 4. The molecule has 5 rings (SSSR count). The van der Waals surface area contributed by atoms with Crippen LogP contribution in [0.4, 0.5) is 11.6 Å². The van der Waals surface area contributed by atoms with Gasteiger partial charge in [0.2, 0.25) is 5.95 Å². The zero-order valence-electron chi connectivity index (χ0n) is 21.7. The molecular weight excluding hydrogens is 506 g/mol. The van der Waals surface area contributed by atoms with Crippen LogP contribution in [-0.4, -0.2) is 58.9 Å². The molecule has 4 N–H and O–H groups in total. The predicted octanol–water partition coefficient (Wildman–Crippen LogP) is 4.54. The van der Waals surface area contributed by atoms with Gasteiger partial charge in [0.1, 0.15) is 17.5 Å². The van der Waals surface area contributed by atoms with Crippen LogP contribution >= 0.6 is 11.6 Å². The third-order valence-electron chi connectivity index (χ3n) is 6.88. The molecule has 2 aliphatic rings. The molecule has 0 amide bonds. The first-order valence-electron chi connectivity index (χ1n) is 13.3. The van der Waals surface area contributed by atoms with Gasteiger partial charge in [-0.1, -0.05) is 36.9 Å². The van der Waals surface area contributed by atoms with Crippen LogP contribution in [0.15, 0.2) is 36.8 Å². The lowest BCUT2D eigenvalue weighted by atomic mass is 9.96. The molecule has 2 aromatic heterocycles. The standard InChI is InChI=1S/C27H36ClN7O3/c1-18(10-30-17-29)38-25-9-20(7-8-23(25)28)21-11-31-27(32-12-21)33-24-13-35(22-5-3-2-4-6-22)34-26(24)37-16-19-14-36-15-19/h7-9,11-13,18-19,22,30H,2-6,10,14-17,29H2,1H3,(H,31,32,33)/t18-/m0/s1. The van der Waals surface area contributed by atoms with Crippen molar-refractivity contribution in [1.82, 2.24) is 25.1 Å². The monoisotopic (exact) mass is 541 g/mol. The summed E-state index contributed by atoms with van der Waals surface area (Å²) in [6, 6.07) is 6.04. The fourth-order valence-corrected chi connectivity index (χ4v) is 4.82. The molecule has 1 saturated carbocycles. The van der Waals surface area contributed by atoms with Gasteiger partial charge in [-0.3, -0.25) is 4.68 Å². The van der Waals surface area contributed by atoms with Crippen LogP contribution in [0.1, 0.15) is 45.1 Å². The molecule has 1 atom stereocenters. The zero-order chi connectivity index (χ0) is 26.3. The van der Waals surface area contributed by atoms with Crippen molar-refractivity contribution in [2.75, 3.05) is 38.4 Å². The van der Waals surface area contributed by atoms with Crippen LogP contribution < -0.4 is 25.8 Å². The zero-order valence-corrected chi connectivity index (χ0v) is 22.5. The summed E-state index contributed by atoms with van der Waals surface area (Å²) < 4.78 is 19.4. The fraction of sp³-hybridized carbons (Fsp3) is 0.519. The van der Waals surface area contributed by atoms with E-state index in [2.05, 4.69) is 20.6 Å². The molecule has 10 nitrogen and oxygen atoms in total. The van der Waals surface area contributed by atoms with Gasteiger partial charge in [0.05, 0.1) is 37.1 Å². The Labute approximate surface area is 228 Å². The van der Waals surface area contributed by atoms with Crippen LogP contribution in [0.3, 0.4) is 0 Å². The van der Waals surface area contributed by atoms with Gasteiger partial charge >= 0.3 is 0 Å². The molecule has 11 heteroatoms. The van der Waals surface area contributed by atoms with E-state index in [0.717, 1.165) is 42.9 Å². The number of rotatable bonds is 12. The van der Waals surface area contributed by atoms with E-state index in [-0.39, 0.29) is 6.10 Å². The van der Waals surface area contributed by atoms with Gasteiger partial charge in [-0.25, -0.2) is 9.97 Å². The van der Waals surface area contributed by atoms with Crippen LogP contribution in [0.2, 0.25) is 5.02 Å². The number of halogens is 1. The van der Waals surface area contributed by atoms with E-state index in [1.807, 2.05) is 36.0 Å². The number of nitrogens with one attached hydrogen (secondary N) is 2. The topological polar surface area (TPSA) is 121 Å². The maximum absolute atomic E-state index is 6.37. The summed E-state index contributed by atoms with van der Waals surface area (Å²) in [5.74, 6) is 2.06. The minimum absolute atomic E-state index is 0.0862. The smallest absolute Gasteiger partial charge is 0.256 e. The summed E-state index contributed by atoms with van der Waals surface area (Å²) in [5, 5.41) is 11.7. The molecular formula is C27H36ClN7O3. The predicted molar refractivity (Wildman–Crippen MR) is 147 cm³/mol. The number of anilines is 2. The molecule has 1 aromatic carbocycles. The van der Waals surface area contributed by atoms with E-state index in [9.17, 15) is 0 Å². The molecule has 204 valence electrons. The van der Waals surface area contributed by atoms with Crippen LogP contribution in [-0.2, 0) is 4.74 Å². The number of nitrogens with two attached hydrogens (primary N) is 1. The largest absolute Gasteiger partial charge is 0.488 e. The van der Waals surface area contributed by atoms with Gasteiger partial charge in [0, 0.05) is 37.1 Å². The Morgan fingerprint density at radius 1 is 1.16 bits per heavy atom. The van der Waals surface area contributed by atoms with E-state index in [0.29, 0.717) is 54.4 Å². The van der Waals surface area contributed by atoms with Crippen LogP contribution in [0.25, 0.3) is 11.1 Å². The highest BCUT2D eigenvalue weighted by molar-refractivity contribution is 6.32. The number of ether oxygens (including phenoxy) is 3. The summed E-state index contributed by atoms with van der Waals surface area (Å²) in [7, 11) is 0. The molecule has 2 fully saturated rings. The van der Waals surface area contributed by atoms with Crippen molar-refractivity contribution < 1.29 is 14.2 Å². The molecule has 1 aliphatic carbocycles. The highest BCUT2D eigenvalue weighted by atomic mass is 35.5. The third kappa shape index (κ3) is 6.74. The van der Waals surface area contributed by atoms with Crippen molar-refractivity contribution in [3.05, 3.63) is 41.8 Å². The third-order valence-corrected chi connectivity index (χ3v) is 7.19. The second-order valence-corrected chi connectivity index (χ2v) is 10.4. The average molecular weight is 542 g/mol. The minimum atomic E-state index is -0.0862. The summed E-state index contributed by atoms with van der Waals surface area (Å²) in [4.78, 5) is 9.11. The normalized spacial score (nSPS) is 17.1. The quantitative estimate of drug-likeness (QED) is 0.284. The average Bonchev–Trinajstić information content (AvgIpc) is 3.31. The van der Waals surface area contributed by atoms with E-state index < -0.39 is 0 Å². The first-order chi connectivity index (χ1) is 18.6. The molecule has 0 unspecified atom stereocenters. The Hall–Kier alpha value is -2.92. The molecule has 0 radical (unpaired) electrons. The lowest BCUT2D eigenvalue weighted by molar-refractivity contribution is -0.0514. The Morgan fingerprint density at radius 2 is 1.95 bits per heavy atom.